The number of aromatic hydroxyl groups is 2. The van der Waals surface area contributed by atoms with Crippen LogP contribution in [0.3, 0.4) is 0 Å². The Hall–Kier alpha value is -2.33. The highest BCUT2D eigenvalue weighted by molar-refractivity contribution is 5.73. The number of nitrogens with zero attached hydrogens (tertiary/aromatic N) is 1. The van der Waals surface area contributed by atoms with Crippen LogP contribution in [0, 0.1) is 5.82 Å². The molecular formula is C18H18FNO2. The highest BCUT2D eigenvalue weighted by Crippen LogP contribution is 2.42. The Morgan fingerprint density at radius 1 is 1.05 bits per heavy atom. The largest absolute Gasteiger partial charge is 0.504 e. The molecule has 1 atom stereocenters. The molecule has 22 heavy (non-hydrogen) atoms. The smallest absolute Gasteiger partial charge is 0.161 e. The minimum absolute atomic E-state index is 0.00435. The predicted octanol–water partition coefficient (Wildman–Crippen LogP) is 3.48. The maximum absolute atomic E-state index is 13.1. The first-order valence-electron chi connectivity index (χ1n) is 7.14. The van der Waals surface area contributed by atoms with Gasteiger partial charge in [-0.1, -0.05) is 24.3 Å². The molecule has 0 radical (unpaired) electrons. The molecular weight excluding hydrogens is 281 g/mol. The Morgan fingerprint density at radius 3 is 2.36 bits per heavy atom. The topological polar surface area (TPSA) is 43.7 Å². The van der Waals surface area contributed by atoms with Crippen LogP contribution in [0.25, 0.3) is 5.57 Å². The lowest BCUT2D eigenvalue weighted by Crippen LogP contribution is -2.22. The molecule has 114 valence electrons. The third-order valence-electron chi connectivity index (χ3n) is 4.11. The quantitative estimate of drug-likeness (QED) is 0.834. The third kappa shape index (κ3) is 2.46. The van der Waals surface area contributed by atoms with Gasteiger partial charge >= 0.3 is 0 Å². The summed E-state index contributed by atoms with van der Waals surface area (Å²) in [5.74, 6) is -0.459. The third-order valence-corrected chi connectivity index (χ3v) is 4.11. The van der Waals surface area contributed by atoms with Crippen molar-refractivity contribution in [3.63, 3.8) is 0 Å². The standard InChI is InChI=1S/C18H18FNO2/c1-20(2)16-10-12(11-3-5-13(19)6-4-11)9-15-14(16)7-8-17(21)18(15)22/h3-8,10,16,21-22H,9H2,1-2H3. The van der Waals surface area contributed by atoms with Gasteiger partial charge in [0.2, 0.25) is 0 Å². The number of likely N-dealkylation sites (N-methyl/N-ethyl adjacent to an activating group) is 1. The second-order valence-electron chi connectivity index (χ2n) is 5.79. The first kappa shape index (κ1) is 14.6. The van der Waals surface area contributed by atoms with Gasteiger partial charge in [-0.15, -0.1) is 0 Å². The second kappa shape index (κ2) is 5.46. The number of fused-ring (bicyclic) bond motifs is 1. The molecule has 3 nitrogen and oxygen atoms in total. The lowest BCUT2D eigenvalue weighted by Gasteiger charge is -2.30. The first-order valence-corrected chi connectivity index (χ1v) is 7.14. The minimum Gasteiger partial charge on any atom is -0.504 e. The molecule has 0 aliphatic heterocycles. The van der Waals surface area contributed by atoms with E-state index in [1.165, 1.54) is 18.2 Å². The van der Waals surface area contributed by atoms with Gasteiger partial charge in [0.05, 0.1) is 6.04 Å². The number of hydrogen-bond donors (Lipinski definition) is 2. The van der Waals surface area contributed by atoms with Crippen molar-refractivity contribution in [3.8, 4) is 11.5 Å². The maximum atomic E-state index is 13.1. The summed E-state index contributed by atoms with van der Waals surface area (Å²) in [5, 5.41) is 20.0. The summed E-state index contributed by atoms with van der Waals surface area (Å²) >= 11 is 0. The van der Waals surface area contributed by atoms with Crippen LogP contribution < -0.4 is 0 Å². The second-order valence-corrected chi connectivity index (χ2v) is 5.79. The number of phenols is 2. The van der Waals surface area contributed by atoms with E-state index in [1.807, 2.05) is 25.1 Å². The van der Waals surface area contributed by atoms with E-state index in [9.17, 15) is 14.6 Å². The van der Waals surface area contributed by atoms with E-state index in [2.05, 4.69) is 6.08 Å². The van der Waals surface area contributed by atoms with Crippen molar-refractivity contribution in [2.24, 2.45) is 0 Å². The molecule has 0 heterocycles. The van der Waals surface area contributed by atoms with E-state index in [0.29, 0.717) is 6.42 Å². The van der Waals surface area contributed by atoms with Crippen molar-refractivity contribution >= 4 is 5.57 Å². The molecule has 2 N–H and O–H groups in total. The van der Waals surface area contributed by atoms with E-state index < -0.39 is 0 Å². The van der Waals surface area contributed by atoms with Crippen molar-refractivity contribution in [2.75, 3.05) is 14.1 Å². The summed E-state index contributed by atoms with van der Waals surface area (Å²) in [6, 6.07) is 9.68. The molecule has 2 aromatic rings. The Bertz CT molecular complexity index is 735. The van der Waals surface area contributed by atoms with Gasteiger partial charge in [0.1, 0.15) is 5.82 Å². The number of hydrogen-bond acceptors (Lipinski definition) is 3. The molecule has 0 spiro atoms. The van der Waals surface area contributed by atoms with Crippen molar-refractivity contribution in [3.05, 3.63) is 65.0 Å². The summed E-state index contributed by atoms with van der Waals surface area (Å²) in [6.07, 6.45) is 2.62. The lowest BCUT2D eigenvalue weighted by molar-refractivity contribution is 0.343. The van der Waals surface area contributed by atoms with E-state index in [1.54, 1.807) is 12.1 Å². The molecule has 0 aromatic heterocycles. The average molecular weight is 299 g/mol. The molecule has 0 bridgehead atoms. The van der Waals surface area contributed by atoms with Crippen molar-refractivity contribution < 1.29 is 14.6 Å². The number of phenolic OH excluding ortho intramolecular Hbond substituents is 2. The molecule has 0 saturated heterocycles. The van der Waals surface area contributed by atoms with Gasteiger partial charge < -0.3 is 10.2 Å². The fraction of sp³-hybridized carbons (Fsp3) is 0.222. The SMILES string of the molecule is CN(C)C1C=C(c2ccc(F)cc2)Cc2c1ccc(O)c2O. The van der Waals surface area contributed by atoms with Crippen LogP contribution in [0.4, 0.5) is 4.39 Å². The molecule has 2 aromatic carbocycles. The first-order chi connectivity index (χ1) is 10.5. The highest BCUT2D eigenvalue weighted by atomic mass is 19.1. The molecule has 1 aliphatic carbocycles. The van der Waals surface area contributed by atoms with Gasteiger partial charge in [-0.05, 0) is 49.0 Å². The van der Waals surface area contributed by atoms with Crippen LogP contribution in [-0.4, -0.2) is 29.2 Å². The normalized spacial score (nSPS) is 17.3. The molecule has 0 amide bonds. The van der Waals surface area contributed by atoms with E-state index in [4.69, 9.17) is 0 Å². The minimum atomic E-state index is -0.273. The molecule has 0 saturated carbocycles. The van der Waals surface area contributed by atoms with Crippen molar-refractivity contribution in [2.45, 2.75) is 12.5 Å². The van der Waals surface area contributed by atoms with Crippen LogP contribution in [-0.2, 0) is 6.42 Å². The summed E-state index contributed by atoms with van der Waals surface area (Å²) in [4.78, 5) is 2.04. The summed E-state index contributed by atoms with van der Waals surface area (Å²) in [5.41, 5.74) is 3.63. The van der Waals surface area contributed by atoms with Gasteiger partial charge in [0.25, 0.3) is 0 Å². The molecule has 1 aliphatic rings. The Labute approximate surface area is 128 Å². The Morgan fingerprint density at radius 2 is 1.73 bits per heavy atom. The van der Waals surface area contributed by atoms with E-state index in [-0.39, 0.29) is 23.4 Å². The fourth-order valence-corrected chi connectivity index (χ4v) is 2.92. The van der Waals surface area contributed by atoms with Crippen LogP contribution in [0.15, 0.2) is 42.5 Å². The Kier molecular flexibility index (Phi) is 3.62. The van der Waals surface area contributed by atoms with Gasteiger partial charge in [0, 0.05) is 12.0 Å². The van der Waals surface area contributed by atoms with Crippen LogP contribution >= 0.6 is 0 Å². The number of halogens is 1. The predicted molar refractivity (Wildman–Crippen MR) is 84.3 cm³/mol. The molecule has 4 heteroatoms. The lowest BCUT2D eigenvalue weighted by atomic mass is 9.84. The van der Waals surface area contributed by atoms with Crippen LogP contribution in [0.1, 0.15) is 22.7 Å². The van der Waals surface area contributed by atoms with Gasteiger partial charge in [-0.2, -0.15) is 0 Å². The van der Waals surface area contributed by atoms with Crippen molar-refractivity contribution in [1.82, 2.24) is 4.90 Å². The molecule has 3 rings (SSSR count). The zero-order valence-electron chi connectivity index (χ0n) is 12.5. The zero-order chi connectivity index (χ0) is 15.9. The zero-order valence-corrected chi connectivity index (χ0v) is 12.5. The van der Waals surface area contributed by atoms with Gasteiger partial charge in [0.15, 0.2) is 11.5 Å². The monoisotopic (exact) mass is 299 g/mol. The average Bonchev–Trinajstić information content (AvgIpc) is 2.51. The van der Waals surface area contributed by atoms with Crippen LogP contribution in [0.5, 0.6) is 11.5 Å². The van der Waals surface area contributed by atoms with Crippen LogP contribution in [0.2, 0.25) is 0 Å². The number of allylic oxidation sites excluding steroid dienone is 1. The highest BCUT2D eigenvalue weighted by Gasteiger charge is 2.26. The van der Waals surface area contributed by atoms with E-state index >= 15 is 0 Å². The van der Waals surface area contributed by atoms with E-state index in [0.717, 1.165) is 22.3 Å². The maximum Gasteiger partial charge on any atom is 0.161 e. The summed E-state index contributed by atoms with van der Waals surface area (Å²) in [6.45, 7) is 0. The van der Waals surface area contributed by atoms with Gasteiger partial charge in [-0.25, -0.2) is 4.39 Å². The molecule has 1 unspecified atom stereocenters. The van der Waals surface area contributed by atoms with Gasteiger partial charge in [-0.3, -0.25) is 4.90 Å². The molecule has 0 fully saturated rings. The number of benzene rings is 2. The van der Waals surface area contributed by atoms with Crippen molar-refractivity contribution in [1.29, 1.82) is 0 Å². The summed E-state index contributed by atoms with van der Waals surface area (Å²) in [7, 11) is 3.92. The fourth-order valence-electron chi connectivity index (χ4n) is 2.92. The number of rotatable bonds is 2. The summed E-state index contributed by atoms with van der Waals surface area (Å²) < 4.78 is 13.1. The Balaban J connectivity index is 2.11.